The first-order chi connectivity index (χ1) is 22.2. The van der Waals surface area contributed by atoms with E-state index in [4.69, 9.17) is 47.4 Å². The fourth-order valence-electron chi connectivity index (χ4n) is 6.97. The monoisotopic (exact) mass is 645 g/mol. The number of esters is 1. The van der Waals surface area contributed by atoms with Gasteiger partial charge in [0, 0.05) is 18.9 Å². The largest absolute Gasteiger partial charge is 0.493 e. The van der Waals surface area contributed by atoms with Gasteiger partial charge in [-0.15, -0.1) is 0 Å². The Morgan fingerprint density at radius 3 is 2.30 bits per heavy atom. The molecule has 15 heteroatoms. The number of nitrogens with one attached hydrogen (secondary N) is 1. The molecule has 1 aliphatic carbocycles. The van der Waals surface area contributed by atoms with Crippen LogP contribution in [0.3, 0.4) is 0 Å². The number of cyclic esters (lactones) is 1. The smallest absolute Gasteiger partial charge is 0.412 e. The molecule has 7 rings (SSSR count). The van der Waals surface area contributed by atoms with Gasteiger partial charge in [0.1, 0.15) is 24.4 Å². The second-order valence-corrected chi connectivity index (χ2v) is 11.6. The molecule has 4 heterocycles. The summed E-state index contributed by atoms with van der Waals surface area (Å²) in [7, 11) is 4.28. The molecule has 248 valence electrons. The Balaban J connectivity index is 1.31. The van der Waals surface area contributed by atoms with Crippen LogP contribution in [0.4, 0.5) is 4.79 Å². The number of hydrogen-bond donors (Lipinski definition) is 3. The predicted molar refractivity (Wildman–Crippen MR) is 152 cm³/mol. The molecule has 15 nitrogen and oxygen atoms in total. The summed E-state index contributed by atoms with van der Waals surface area (Å²) < 4.78 is 57.5. The minimum atomic E-state index is -1.46. The van der Waals surface area contributed by atoms with Gasteiger partial charge in [0.2, 0.25) is 12.5 Å². The van der Waals surface area contributed by atoms with Crippen LogP contribution in [0.2, 0.25) is 0 Å². The zero-order valence-corrected chi connectivity index (χ0v) is 25.5. The number of fused-ring (bicyclic) bond motifs is 4. The van der Waals surface area contributed by atoms with Gasteiger partial charge in [0.25, 0.3) is 0 Å². The van der Waals surface area contributed by atoms with E-state index < -0.39 is 72.9 Å². The van der Waals surface area contributed by atoms with Crippen LogP contribution in [0, 0.1) is 11.8 Å². The molecule has 1 amide bonds. The minimum Gasteiger partial charge on any atom is -0.493 e. The molecule has 0 spiro atoms. The van der Waals surface area contributed by atoms with E-state index in [9.17, 15) is 19.8 Å². The first-order valence-electron chi connectivity index (χ1n) is 14.9. The Morgan fingerprint density at radius 2 is 1.63 bits per heavy atom. The summed E-state index contributed by atoms with van der Waals surface area (Å²) >= 11 is 0. The number of methoxy groups -OCH3 is 2. The van der Waals surface area contributed by atoms with Gasteiger partial charge in [-0.1, -0.05) is 0 Å². The van der Waals surface area contributed by atoms with Crippen molar-refractivity contribution in [2.75, 3.05) is 41.3 Å². The van der Waals surface area contributed by atoms with Crippen molar-refractivity contribution in [2.45, 2.75) is 55.9 Å². The molecule has 4 aliphatic heterocycles. The number of benzene rings is 2. The van der Waals surface area contributed by atoms with Crippen molar-refractivity contribution < 1.29 is 67.2 Å². The predicted octanol–water partition coefficient (Wildman–Crippen LogP) is 1.35. The third-order valence-corrected chi connectivity index (χ3v) is 9.13. The van der Waals surface area contributed by atoms with Crippen molar-refractivity contribution in [1.29, 1.82) is 0 Å². The number of amides is 1. The van der Waals surface area contributed by atoms with Gasteiger partial charge in [-0.05, 0) is 47.9 Å². The van der Waals surface area contributed by atoms with E-state index in [0.717, 1.165) is 0 Å². The number of rotatable bonds is 6. The summed E-state index contributed by atoms with van der Waals surface area (Å²) in [6.07, 6.45) is -7.67. The zero-order valence-electron chi connectivity index (χ0n) is 25.5. The van der Waals surface area contributed by atoms with Gasteiger partial charge in [0.15, 0.2) is 35.6 Å². The van der Waals surface area contributed by atoms with E-state index >= 15 is 0 Å². The number of carbonyl (C=O) groups excluding carboxylic acids is 2. The normalized spacial score (nSPS) is 34.1. The maximum Gasteiger partial charge on any atom is 0.412 e. The van der Waals surface area contributed by atoms with Gasteiger partial charge in [-0.25, -0.2) is 4.79 Å². The molecule has 9 unspecified atom stereocenters. The van der Waals surface area contributed by atoms with Crippen LogP contribution < -0.4 is 29.0 Å². The quantitative estimate of drug-likeness (QED) is 0.383. The minimum absolute atomic E-state index is 0.00856. The van der Waals surface area contributed by atoms with E-state index in [2.05, 4.69) is 5.32 Å². The summed E-state index contributed by atoms with van der Waals surface area (Å²) in [6.45, 7) is 1.86. The average molecular weight is 646 g/mol. The SMILES string of the molecule is CNC(=O)Oc1c(OC)cc([C@@H]2c3cc4c(cc3C(OC3OC5COC(C)OC5C(O)C3O)C3COC(=O)C32)OCO4)cc1OC. The molecule has 46 heavy (non-hydrogen) atoms. The van der Waals surface area contributed by atoms with Crippen LogP contribution in [0.1, 0.15) is 35.6 Å². The van der Waals surface area contributed by atoms with Crippen molar-refractivity contribution in [1.82, 2.24) is 5.32 Å². The Labute approximate surface area is 263 Å². The number of aliphatic hydroxyl groups is 2. The maximum absolute atomic E-state index is 13.5. The molecular formula is C31H35NO14. The van der Waals surface area contributed by atoms with E-state index in [1.807, 2.05) is 0 Å². The van der Waals surface area contributed by atoms with Crippen LogP contribution in [0.15, 0.2) is 24.3 Å². The highest BCUT2D eigenvalue weighted by atomic mass is 16.8. The van der Waals surface area contributed by atoms with Crippen LogP contribution in [-0.4, -0.2) is 101 Å². The van der Waals surface area contributed by atoms with Gasteiger partial charge in [-0.3, -0.25) is 4.79 Å². The Hall–Kier alpha value is -3.86. The topological polar surface area (TPSA) is 179 Å². The first kappa shape index (κ1) is 30.8. The van der Waals surface area contributed by atoms with E-state index in [0.29, 0.717) is 28.2 Å². The summed E-state index contributed by atoms with van der Waals surface area (Å²) in [5, 5.41) is 24.5. The van der Waals surface area contributed by atoms with Crippen LogP contribution in [-0.2, 0) is 28.5 Å². The Kier molecular flexibility index (Phi) is 8.07. The molecule has 3 fully saturated rings. The van der Waals surface area contributed by atoms with E-state index in [1.165, 1.54) is 21.3 Å². The second-order valence-electron chi connectivity index (χ2n) is 11.6. The van der Waals surface area contributed by atoms with Crippen molar-refractivity contribution >= 4 is 12.1 Å². The summed E-state index contributed by atoms with van der Waals surface area (Å²) in [5.41, 5.74) is 1.93. The van der Waals surface area contributed by atoms with Crippen LogP contribution >= 0.6 is 0 Å². The highest BCUT2D eigenvalue weighted by Crippen LogP contribution is 2.57. The molecule has 2 aromatic rings. The fraction of sp³-hybridized carbons (Fsp3) is 0.548. The van der Waals surface area contributed by atoms with E-state index in [-0.39, 0.29) is 37.3 Å². The lowest BCUT2D eigenvalue weighted by atomic mass is 9.66. The molecule has 0 radical (unpaired) electrons. The van der Waals surface area contributed by atoms with Gasteiger partial charge < -0.3 is 62.9 Å². The van der Waals surface area contributed by atoms with Crippen LogP contribution in [0.5, 0.6) is 28.7 Å². The lowest BCUT2D eigenvalue weighted by Gasteiger charge is -2.47. The summed E-state index contributed by atoms with van der Waals surface area (Å²) in [4.78, 5) is 25.6. The summed E-state index contributed by atoms with van der Waals surface area (Å²) in [5.74, 6) is -0.959. The number of carbonyl (C=O) groups is 2. The Bertz CT molecular complexity index is 1490. The first-order valence-corrected chi connectivity index (χ1v) is 14.9. The van der Waals surface area contributed by atoms with Gasteiger partial charge in [-0.2, -0.15) is 0 Å². The molecular weight excluding hydrogens is 610 g/mol. The molecule has 0 bridgehead atoms. The number of hydrogen-bond acceptors (Lipinski definition) is 14. The molecule has 0 aromatic heterocycles. The van der Waals surface area contributed by atoms with Crippen molar-refractivity contribution in [3.8, 4) is 28.7 Å². The molecule has 3 N–H and O–H groups in total. The highest BCUT2D eigenvalue weighted by Gasteiger charge is 2.56. The average Bonchev–Trinajstić information content (AvgIpc) is 3.68. The van der Waals surface area contributed by atoms with Crippen molar-refractivity contribution in [3.05, 3.63) is 41.0 Å². The lowest BCUT2D eigenvalue weighted by molar-refractivity contribution is -0.364. The zero-order chi connectivity index (χ0) is 32.3. The van der Waals surface area contributed by atoms with Crippen LogP contribution in [0.25, 0.3) is 0 Å². The molecule has 2 aromatic carbocycles. The Morgan fingerprint density at radius 1 is 0.935 bits per heavy atom. The molecule has 3 saturated heterocycles. The second kappa shape index (κ2) is 12.1. The highest BCUT2D eigenvalue weighted by molar-refractivity contribution is 5.79. The fourth-order valence-corrected chi connectivity index (χ4v) is 6.97. The number of aliphatic hydroxyl groups excluding tert-OH is 2. The van der Waals surface area contributed by atoms with Gasteiger partial charge >= 0.3 is 12.1 Å². The third kappa shape index (κ3) is 5.07. The standard InChI is InChI=1S/C31H35NO14/c1-12-39-10-21-28(43-12)24(33)25(34)30(44-21)45-26-15-8-18-17(41-11-42-18)7-14(15)22(23-16(26)9-40-29(23)35)13-5-19(37-3)27(20(6-13)38-4)46-31(36)32-2/h5-8,12,16,21-26,28,30,33-34H,9-11H2,1-4H3,(H,32,36)/t12?,16?,21?,22-,23?,24?,25?,26?,28?,30?/m1/s1. The third-order valence-electron chi connectivity index (χ3n) is 9.13. The van der Waals surface area contributed by atoms with Gasteiger partial charge in [0.05, 0.1) is 39.5 Å². The summed E-state index contributed by atoms with van der Waals surface area (Å²) in [6, 6.07) is 6.94. The molecule has 5 aliphatic rings. The van der Waals surface area contributed by atoms with E-state index in [1.54, 1.807) is 31.2 Å². The maximum atomic E-state index is 13.5. The molecule has 10 atom stereocenters. The molecule has 0 saturated carbocycles. The lowest BCUT2D eigenvalue weighted by Crippen LogP contribution is -2.63. The number of ether oxygens (including phenoxy) is 10. The van der Waals surface area contributed by atoms with Crippen molar-refractivity contribution in [3.63, 3.8) is 0 Å². The van der Waals surface area contributed by atoms with Crippen molar-refractivity contribution in [2.24, 2.45) is 11.8 Å².